The second-order valence-corrected chi connectivity index (χ2v) is 3.84. The van der Waals surface area contributed by atoms with Crippen LogP contribution in [0.3, 0.4) is 0 Å². The van der Waals surface area contributed by atoms with E-state index < -0.39 is 0 Å². The van der Waals surface area contributed by atoms with Gasteiger partial charge in [0.05, 0.1) is 19.3 Å². The quantitative estimate of drug-likeness (QED) is 0.634. The number of aliphatic hydroxyl groups is 2. The Kier molecular flexibility index (Phi) is 6.29. The summed E-state index contributed by atoms with van der Waals surface area (Å²) in [5.74, 6) is 0. The molecule has 0 fully saturated rings. The lowest BCUT2D eigenvalue weighted by Gasteiger charge is -2.28. The third-order valence-electron chi connectivity index (χ3n) is 2.50. The molecule has 0 aromatic carbocycles. The van der Waals surface area contributed by atoms with Crippen molar-refractivity contribution in [3.05, 3.63) is 0 Å². The Balaban J connectivity index is 3.81. The topological polar surface area (TPSA) is 49.7 Å². The van der Waals surface area contributed by atoms with Crippen LogP contribution >= 0.6 is 0 Å². The Labute approximate surface area is 80.7 Å². The maximum absolute atomic E-state index is 9.13. The second kappa shape index (κ2) is 6.35. The average Bonchev–Trinajstić information content (AvgIpc) is 2.13. The van der Waals surface area contributed by atoms with Crippen molar-refractivity contribution in [1.82, 2.24) is 0 Å². The first kappa shape index (κ1) is 12.9. The molecule has 0 amide bonds. The average molecular weight is 190 g/mol. The van der Waals surface area contributed by atoms with E-state index in [4.69, 9.17) is 14.9 Å². The van der Waals surface area contributed by atoms with Gasteiger partial charge in [0.2, 0.25) is 0 Å². The highest BCUT2D eigenvalue weighted by Gasteiger charge is 2.26. The Morgan fingerprint density at radius 2 is 1.77 bits per heavy atom. The van der Waals surface area contributed by atoms with E-state index in [1.54, 1.807) is 0 Å². The molecule has 0 aliphatic rings. The van der Waals surface area contributed by atoms with Gasteiger partial charge in [-0.3, -0.25) is 0 Å². The summed E-state index contributed by atoms with van der Waals surface area (Å²) in [5.41, 5.74) is -0.352. The largest absolute Gasteiger partial charge is 0.396 e. The Morgan fingerprint density at radius 1 is 1.23 bits per heavy atom. The number of rotatable bonds is 7. The first-order valence-electron chi connectivity index (χ1n) is 4.93. The molecular formula is C10H22O3. The van der Waals surface area contributed by atoms with Crippen LogP contribution < -0.4 is 0 Å². The minimum Gasteiger partial charge on any atom is -0.396 e. The van der Waals surface area contributed by atoms with Crippen LogP contribution in [0.2, 0.25) is 0 Å². The molecule has 0 saturated carbocycles. The fourth-order valence-electron chi connectivity index (χ4n) is 1.12. The van der Waals surface area contributed by atoms with Gasteiger partial charge in [0, 0.05) is 12.0 Å². The molecule has 0 rings (SSSR count). The molecule has 0 aliphatic heterocycles. The molecule has 0 spiro atoms. The number of hydrogen-bond donors (Lipinski definition) is 2. The summed E-state index contributed by atoms with van der Waals surface area (Å²) in [6.07, 6.45) is 1.71. The van der Waals surface area contributed by atoms with Gasteiger partial charge in [0.1, 0.15) is 0 Å². The Hall–Kier alpha value is -0.120. The van der Waals surface area contributed by atoms with E-state index >= 15 is 0 Å². The lowest BCUT2D eigenvalue weighted by Crippen LogP contribution is -2.31. The van der Waals surface area contributed by atoms with E-state index in [2.05, 4.69) is 0 Å². The molecule has 0 unspecified atom stereocenters. The number of aliphatic hydroxyl groups excluding tert-OH is 2. The van der Waals surface area contributed by atoms with Crippen LogP contribution in [0.25, 0.3) is 0 Å². The number of hydrogen-bond acceptors (Lipinski definition) is 3. The highest BCUT2D eigenvalue weighted by Crippen LogP contribution is 2.25. The maximum atomic E-state index is 9.13. The van der Waals surface area contributed by atoms with Gasteiger partial charge in [-0.2, -0.15) is 0 Å². The van der Waals surface area contributed by atoms with Crippen LogP contribution in [0.5, 0.6) is 0 Å². The van der Waals surface area contributed by atoms with Crippen LogP contribution in [0.1, 0.15) is 33.6 Å². The Morgan fingerprint density at radius 3 is 2.08 bits per heavy atom. The molecule has 0 aromatic heterocycles. The molecule has 3 nitrogen and oxygen atoms in total. The van der Waals surface area contributed by atoms with Crippen molar-refractivity contribution in [1.29, 1.82) is 0 Å². The van der Waals surface area contributed by atoms with Crippen LogP contribution in [-0.2, 0) is 4.74 Å². The highest BCUT2D eigenvalue weighted by molar-refractivity contribution is 4.75. The molecule has 0 radical (unpaired) electrons. The summed E-state index contributed by atoms with van der Waals surface area (Å²) in [6, 6.07) is 0. The highest BCUT2D eigenvalue weighted by atomic mass is 16.5. The van der Waals surface area contributed by atoms with Crippen LogP contribution in [0.15, 0.2) is 0 Å². The predicted octanol–water partition coefficient (Wildman–Crippen LogP) is 1.18. The van der Waals surface area contributed by atoms with Gasteiger partial charge in [-0.25, -0.2) is 0 Å². The van der Waals surface area contributed by atoms with Gasteiger partial charge in [-0.15, -0.1) is 0 Å². The molecule has 3 heteroatoms. The molecular weight excluding hydrogens is 168 g/mol. The van der Waals surface area contributed by atoms with Gasteiger partial charge < -0.3 is 14.9 Å². The van der Waals surface area contributed by atoms with E-state index in [0.29, 0.717) is 13.0 Å². The molecule has 0 aliphatic carbocycles. The number of ether oxygens (including phenoxy) is 1. The second-order valence-electron chi connectivity index (χ2n) is 3.84. The SMILES string of the molecule is CCC(CO)(CO)CCOC(C)C. The van der Waals surface area contributed by atoms with Crippen molar-refractivity contribution in [2.45, 2.75) is 39.7 Å². The van der Waals surface area contributed by atoms with Gasteiger partial charge in [0.15, 0.2) is 0 Å². The zero-order valence-corrected chi connectivity index (χ0v) is 8.92. The summed E-state index contributed by atoms with van der Waals surface area (Å²) in [6.45, 7) is 6.59. The van der Waals surface area contributed by atoms with Crippen molar-refractivity contribution in [2.75, 3.05) is 19.8 Å². The fraction of sp³-hybridized carbons (Fsp3) is 1.00. The van der Waals surface area contributed by atoms with Crippen molar-refractivity contribution < 1.29 is 14.9 Å². The van der Waals surface area contributed by atoms with Crippen LogP contribution in [0.4, 0.5) is 0 Å². The summed E-state index contributed by atoms with van der Waals surface area (Å²) < 4.78 is 5.38. The van der Waals surface area contributed by atoms with Crippen LogP contribution in [-0.4, -0.2) is 36.1 Å². The zero-order valence-electron chi connectivity index (χ0n) is 8.92. The van der Waals surface area contributed by atoms with Gasteiger partial charge >= 0.3 is 0 Å². The first-order chi connectivity index (χ1) is 6.10. The summed E-state index contributed by atoms with van der Waals surface area (Å²) in [5, 5.41) is 18.3. The van der Waals surface area contributed by atoms with E-state index in [1.165, 1.54) is 0 Å². The summed E-state index contributed by atoms with van der Waals surface area (Å²) >= 11 is 0. The van der Waals surface area contributed by atoms with Crippen molar-refractivity contribution in [2.24, 2.45) is 5.41 Å². The van der Waals surface area contributed by atoms with E-state index in [9.17, 15) is 0 Å². The van der Waals surface area contributed by atoms with Gasteiger partial charge in [0.25, 0.3) is 0 Å². The van der Waals surface area contributed by atoms with Gasteiger partial charge in [-0.1, -0.05) is 6.92 Å². The molecule has 80 valence electrons. The molecule has 0 bridgehead atoms. The van der Waals surface area contributed by atoms with Crippen molar-refractivity contribution >= 4 is 0 Å². The van der Waals surface area contributed by atoms with Crippen LogP contribution in [0, 0.1) is 5.41 Å². The molecule has 2 N–H and O–H groups in total. The molecule has 0 atom stereocenters. The van der Waals surface area contributed by atoms with E-state index in [0.717, 1.165) is 6.42 Å². The molecule has 13 heavy (non-hydrogen) atoms. The summed E-state index contributed by atoms with van der Waals surface area (Å²) in [7, 11) is 0. The summed E-state index contributed by atoms with van der Waals surface area (Å²) in [4.78, 5) is 0. The minimum atomic E-state index is -0.352. The van der Waals surface area contributed by atoms with Gasteiger partial charge in [-0.05, 0) is 26.7 Å². The lowest BCUT2D eigenvalue weighted by atomic mass is 9.84. The van der Waals surface area contributed by atoms with Crippen molar-refractivity contribution in [3.8, 4) is 0 Å². The normalized spacial score (nSPS) is 12.5. The van der Waals surface area contributed by atoms with E-state index in [-0.39, 0.29) is 24.7 Å². The first-order valence-corrected chi connectivity index (χ1v) is 4.93. The molecule has 0 heterocycles. The monoisotopic (exact) mass is 190 g/mol. The lowest BCUT2D eigenvalue weighted by molar-refractivity contribution is -0.000971. The molecule has 0 aromatic rings. The third kappa shape index (κ3) is 4.60. The minimum absolute atomic E-state index is 0.0292. The molecule has 0 saturated heterocycles. The maximum Gasteiger partial charge on any atom is 0.0518 e. The predicted molar refractivity (Wildman–Crippen MR) is 52.6 cm³/mol. The van der Waals surface area contributed by atoms with Crippen molar-refractivity contribution in [3.63, 3.8) is 0 Å². The zero-order chi connectivity index (χ0) is 10.3. The smallest absolute Gasteiger partial charge is 0.0518 e. The Bertz CT molecular complexity index is 111. The standard InChI is InChI=1S/C10H22O3/c1-4-10(7-11,8-12)5-6-13-9(2)3/h9,11-12H,4-8H2,1-3H3. The third-order valence-corrected chi connectivity index (χ3v) is 2.50. The van der Waals surface area contributed by atoms with E-state index in [1.807, 2.05) is 20.8 Å². The fourth-order valence-corrected chi connectivity index (χ4v) is 1.12.